The summed E-state index contributed by atoms with van der Waals surface area (Å²) in [5, 5.41) is 20.8. The summed E-state index contributed by atoms with van der Waals surface area (Å²) in [5.41, 5.74) is 0.427. The van der Waals surface area contributed by atoms with Crippen molar-refractivity contribution in [3.05, 3.63) is 74.5 Å². The van der Waals surface area contributed by atoms with Gasteiger partial charge in [0.25, 0.3) is 11.2 Å². The van der Waals surface area contributed by atoms with E-state index in [0.29, 0.717) is 11.1 Å². The number of non-ortho nitro benzene ring substituents is 1. The fourth-order valence-corrected chi connectivity index (χ4v) is 2.04. The molecule has 0 unspecified atom stereocenters. The molecule has 0 spiro atoms. The lowest BCUT2D eigenvalue weighted by Crippen LogP contribution is -2.12. The number of aromatic nitrogens is 3. The highest BCUT2D eigenvalue weighted by Gasteiger charge is 2.10. The topological polar surface area (TPSA) is 122 Å². The predicted octanol–water partition coefficient (Wildman–Crippen LogP) is 2.28. The first-order valence-corrected chi connectivity index (χ1v) is 6.54. The predicted molar refractivity (Wildman–Crippen MR) is 83.8 cm³/mol. The molecule has 2 N–H and O–H groups in total. The maximum absolute atomic E-state index is 12.0. The van der Waals surface area contributed by atoms with Gasteiger partial charge in [0.1, 0.15) is 11.5 Å². The van der Waals surface area contributed by atoms with Gasteiger partial charge in [0, 0.05) is 36.2 Å². The van der Waals surface area contributed by atoms with Gasteiger partial charge in [0.05, 0.1) is 16.0 Å². The number of aliphatic hydroxyl groups is 1. The molecule has 0 aliphatic carbocycles. The molecule has 0 aliphatic rings. The third-order valence-corrected chi connectivity index (χ3v) is 3.16. The van der Waals surface area contributed by atoms with E-state index < -0.39 is 10.5 Å². The molecule has 0 saturated heterocycles. The molecule has 114 valence electrons. The van der Waals surface area contributed by atoms with E-state index in [1.165, 1.54) is 36.7 Å². The van der Waals surface area contributed by atoms with Crippen LogP contribution < -0.4 is 5.56 Å². The van der Waals surface area contributed by atoms with E-state index in [9.17, 15) is 20.0 Å². The Labute approximate surface area is 128 Å². The van der Waals surface area contributed by atoms with Crippen molar-refractivity contribution < 1.29 is 10.0 Å². The highest BCUT2D eigenvalue weighted by Crippen LogP contribution is 2.18. The first-order valence-electron chi connectivity index (χ1n) is 6.54. The Hall–Kier alpha value is -3.55. The smallest absolute Gasteiger partial charge is 0.274 e. The van der Waals surface area contributed by atoms with E-state index in [4.69, 9.17) is 0 Å². The van der Waals surface area contributed by atoms with E-state index in [0.717, 1.165) is 0 Å². The van der Waals surface area contributed by atoms with Crippen LogP contribution in [0.5, 0.6) is 0 Å². The van der Waals surface area contributed by atoms with Gasteiger partial charge in [-0.1, -0.05) is 0 Å². The summed E-state index contributed by atoms with van der Waals surface area (Å²) >= 11 is 0. The number of nitro benzene ring substituents is 1. The number of aliphatic hydroxyl groups excluding tert-OH is 1. The molecular formula is C15H10N4O4. The van der Waals surface area contributed by atoms with Gasteiger partial charge in [0.2, 0.25) is 0 Å². The van der Waals surface area contributed by atoms with Gasteiger partial charge < -0.3 is 10.1 Å². The van der Waals surface area contributed by atoms with Gasteiger partial charge in [-0.3, -0.25) is 19.9 Å². The van der Waals surface area contributed by atoms with Crippen molar-refractivity contribution >= 4 is 28.6 Å². The number of aromatic amines is 1. The lowest BCUT2D eigenvalue weighted by molar-refractivity contribution is -0.384. The number of benzene rings is 1. The number of fused-ring (bicyclic) bond motifs is 1. The van der Waals surface area contributed by atoms with Crippen LogP contribution in [0.25, 0.3) is 22.9 Å². The number of nitro groups is 1. The molecule has 0 saturated carbocycles. The van der Waals surface area contributed by atoms with Gasteiger partial charge >= 0.3 is 0 Å². The molecule has 0 bridgehead atoms. The average Bonchev–Trinajstić information content (AvgIpc) is 2.55. The number of hydrogen-bond acceptors (Lipinski definition) is 6. The van der Waals surface area contributed by atoms with E-state index in [2.05, 4.69) is 15.0 Å². The van der Waals surface area contributed by atoms with Crippen LogP contribution in [0.3, 0.4) is 0 Å². The maximum atomic E-state index is 12.0. The minimum Gasteiger partial charge on any atom is -0.507 e. The number of H-pyrrole nitrogens is 1. The van der Waals surface area contributed by atoms with Crippen molar-refractivity contribution in [1.29, 1.82) is 0 Å². The molecular weight excluding hydrogens is 300 g/mol. The SMILES string of the molecule is O=c1[nH]c2cc([N+](=O)[O-])ccc2nc1C=C(O)c1ccncc1. The molecule has 0 radical (unpaired) electrons. The zero-order valence-electron chi connectivity index (χ0n) is 11.6. The van der Waals surface area contributed by atoms with Crippen molar-refractivity contribution in [2.24, 2.45) is 0 Å². The summed E-state index contributed by atoms with van der Waals surface area (Å²) < 4.78 is 0. The highest BCUT2D eigenvalue weighted by atomic mass is 16.6. The third-order valence-electron chi connectivity index (χ3n) is 3.16. The fourth-order valence-electron chi connectivity index (χ4n) is 2.04. The van der Waals surface area contributed by atoms with Crippen LogP contribution in [0.2, 0.25) is 0 Å². The molecule has 8 nitrogen and oxygen atoms in total. The standard InChI is InChI=1S/C15H10N4O4/c20-14(9-3-5-16-6-4-9)8-13-15(21)18-12-7-10(19(22)23)1-2-11(12)17-13/h1-8,20H,(H,18,21). The van der Waals surface area contributed by atoms with Gasteiger partial charge in [-0.05, 0) is 18.2 Å². The lowest BCUT2D eigenvalue weighted by Gasteiger charge is -2.01. The van der Waals surface area contributed by atoms with Crippen LogP contribution in [0.15, 0.2) is 47.5 Å². The average molecular weight is 310 g/mol. The molecule has 3 aromatic rings. The van der Waals surface area contributed by atoms with Gasteiger partial charge in [-0.25, -0.2) is 4.98 Å². The maximum Gasteiger partial charge on any atom is 0.274 e. The summed E-state index contributed by atoms with van der Waals surface area (Å²) in [6.07, 6.45) is 4.25. The van der Waals surface area contributed by atoms with Crippen LogP contribution in [0.1, 0.15) is 11.3 Å². The number of rotatable bonds is 3. The quantitative estimate of drug-likeness (QED) is 0.435. The zero-order valence-corrected chi connectivity index (χ0v) is 11.6. The Balaban J connectivity index is 2.09. The Morgan fingerprint density at radius 3 is 2.70 bits per heavy atom. The summed E-state index contributed by atoms with van der Waals surface area (Å²) in [7, 11) is 0. The first kappa shape index (κ1) is 14.4. The van der Waals surface area contributed by atoms with E-state index in [-0.39, 0.29) is 22.7 Å². The monoisotopic (exact) mass is 310 g/mol. The molecule has 0 aliphatic heterocycles. The summed E-state index contributed by atoms with van der Waals surface area (Å²) in [6, 6.07) is 7.14. The molecule has 3 rings (SSSR count). The fraction of sp³-hybridized carbons (Fsp3) is 0. The number of nitrogens with one attached hydrogen (secondary N) is 1. The second-order valence-electron chi connectivity index (χ2n) is 4.68. The van der Waals surface area contributed by atoms with Crippen molar-refractivity contribution in [2.75, 3.05) is 0 Å². The van der Waals surface area contributed by atoms with Gasteiger partial charge in [0.15, 0.2) is 0 Å². The Kier molecular flexibility index (Phi) is 3.55. The molecule has 0 fully saturated rings. The molecule has 1 aromatic carbocycles. The van der Waals surface area contributed by atoms with Gasteiger partial charge in [-0.2, -0.15) is 0 Å². The second kappa shape index (κ2) is 5.68. The first-order chi connectivity index (χ1) is 11.0. The minimum atomic E-state index is -0.557. The van der Waals surface area contributed by atoms with Crippen LogP contribution >= 0.6 is 0 Å². The number of nitrogens with zero attached hydrogens (tertiary/aromatic N) is 3. The van der Waals surface area contributed by atoms with Crippen molar-refractivity contribution in [3.63, 3.8) is 0 Å². The molecule has 23 heavy (non-hydrogen) atoms. The molecule has 0 amide bonds. The van der Waals surface area contributed by atoms with Crippen LogP contribution in [-0.2, 0) is 0 Å². The molecule has 2 heterocycles. The Morgan fingerprint density at radius 1 is 1.26 bits per heavy atom. The van der Waals surface area contributed by atoms with E-state index >= 15 is 0 Å². The van der Waals surface area contributed by atoms with Crippen molar-refractivity contribution in [1.82, 2.24) is 15.0 Å². The molecule has 2 aromatic heterocycles. The highest BCUT2D eigenvalue weighted by molar-refractivity contribution is 5.80. The van der Waals surface area contributed by atoms with Gasteiger partial charge in [-0.15, -0.1) is 0 Å². The Bertz CT molecular complexity index is 980. The van der Waals surface area contributed by atoms with Crippen molar-refractivity contribution in [3.8, 4) is 0 Å². The van der Waals surface area contributed by atoms with Crippen LogP contribution in [-0.4, -0.2) is 25.0 Å². The van der Waals surface area contributed by atoms with E-state index in [1.54, 1.807) is 12.1 Å². The third kappa shape index (κ3) is 2.91. The molecule has 8 heteroatoms. The van der Waals surface area contributed by atoms with Crippen LogP contribution in [0.4, 0.5) is 5.69 Å². The van der Waals surface area contributed by atoms with Crippen LogP contribution in [0, 0.1) is 10.1 Å². The molecule has 0 atom stereocenters. The largest absolute Gasteiger partial charge is 0.507 e. The summed E-state index contributed by atoms with van der Waals surface area (Å²) in [5.74, 6) is -0.133. The minimum absolute atomic E-state index is 0.000616. The van der Waals surface area contributed by atoms with Crippen molar-refractivity contribution in [2.45, 2.75) is 0 Å². The number of hydrogen-bond donors (Lipinski definition) is 2. The summed E-state index contributed by atoms with van der Waals surface area (Å²) in [6.45, 7) is 0. The Morgan fingerprint density at radius 2 is 2.00 bits per heavy atom. The zero-order chi connectivity index (χ0) is 16.4. The normalized spacial score (nSPS) is 11.6. The summed E-state index contributed by atoms with van der Waals surface area (Å²) in [4.78, 5) is 32.7. The number of pyridine rings is 1. The lowest BCUT2D eigenvalue weighted by atomic mass is 10.2. The second-order valence-corrected chi connectivity index (χ2v) is 4.68. The van der Waals surface area contributed by atoms with E-state index in [1.807, 2.05) is 0 Å².